The van der Waals surface area contributed by atoms with Crippen LogP contribution in [0.15, 0.2) is 18.2 Å². The van der Waals surface area contributed by atoms with Crippen LogP contribution in [0.3, 0.4) is 0 Å². The number of carboxylic acids is 1. The fraction of sp³-hybridized carbons (Fsp3) is 0.467. The van der Waals surface area contributed by atoms with Gasteiger partial charge in [0.1, 0.15) is 5.54 Å². The number of carbonyl (C=O) groups is 2. The predicted molar refractivity (Wildman–Crippen MR) is 83.3 cm³/mol. The molecule has 0 radical (unpaired) electrons. The SMILES string of the molecule is O=C(CCc1ccc(Cl)cc1Cl)NC1(C(=O)O)CCOCC1. The number of hydrogen-bond donors (Lipinski definition) is 2. The number of ether oxygens (including phenoxy) is 1. The minimum atomic E-state index is -1.22. The van der Waals surface area contributed by atoms with Gasteiger partial charge in [-0.1, -0.05) is 29.3 Å². The van der Waals surface area contributed by atoms with Gasteiger partial charge in [0.2, 0.25) is 5.91 Å². The van der Waals surface area contributed by atoms with Crippen LogP contribution in [0.1, 0.15) is 24.8 Å². The van der Waals surface area contributed by atoms with Crippen molar-refractivity contribution in [3.8, 4) is 0 Å². The first-order chi connectivity index (χ1) is 10.4. The van der Waals surface area contributed by atoms with Gasteiger partial charge < -0.3 is 15.2 Å². The molecule has 0 atom stereocenters. The first-order valence-corrected chi connectivity index (χ1v) is 7.75. The van der Waals surface area contributed by atoms with Crippen LogP contribution >= 0.6 is 23.2 Å². The maximum atomic E-state index is 12.1. The number of hydrogen-bond acceptors (Lipinski definition) is 3. The van der Waals surface area contributed by atoms with E-state index >= 15 is 0 Å². The van der Waals surface area contributed by atoms with Crippen LogP contribution in [0.2, 0.25) is 10.0 Å². The molecule has 0 saturated carbocycles. The normalized spacial score (nSPS) is 17.0. The Morgan fingerprint density at radius 2 is 1.95 bits per heavy atom. The van der Waals surface area contributed by atoms with E-state index in [1.165, 1.54) is 0 Å². The summed E-state index contributed by atoms with van der Waals surface area (Å²) < 4.78 is 5.17. The van der Waals surface area contributed by atoms with Gasteiger partial charge in [0.05, 0.1) is 0 Å². The van der Waals surface area contributed by atoms with Gasteiger partial charge in [-0.05, 0) is 24.1 Å². The van der Waals surface area contributed by atoms with Crippen LogP contribution in [-0.4, -0.2) is 35.7 Å². The topological polar surface area (TPSA) is 75.6 Å². The molecule has 2 N–H and O–H groups in total. The molecule has 0 spiro atoms. The van der Waals surface area contributed by atoms with Crippen molar-refractivity contribution in [2.75, 3.05) is 13.2 Å². The minimum absolute atomic E-state index is 0.164. The smallest absolute Gasteiger partial charge is 0.329 e. The number of carboxylic acid groups (broad SMARTS) is 1. The second kappa shape index (κ2) is 7.31. The highest BCUT2D eigenvalue weighted by atomic mass is 35.5. The van der Waals surface area contributed by atoms with E-state index in [0.29, 0.717) is 29.7 Å². The third kappa shape index (κ3) is 4.12. The summed E-state index contributed by atoms with van der Waals surface area (Å²) in [5, 5.41) is 13.1. The zero-order chi connectivity index (χ0) is 16.2. The predicted octanol–water partition coefficient (Wildman–Crippen LogP) is 2.68. The highest BCUT2D eigenvalue weighted by Crippen LogP contribution is 2.23. The minimum Gasteiger partial charge on any atom is -0.480 e. The average Bonchev–Trinajstić information content (AvgIpc) is 2.47. The third-order valence-corrected chi connectivity index (χ3v) is 4.36. The Balaban J connectivity index is 1.95. The standard InChI is InChI=1S/C15H17Cl2NO4/c16-11-3-1-10(12(17)9-11)2-4-13(19)18-15(14(20)21)5-7-22-8-6-15/h1,3,9H,2,4-8H2,(H,18,19)(H,20,21). The van der Waals surface area contributed by atoms with Crippen LogP contribution in [0.25, 0.3) is 0 Å². The van der Waals surface area contributed by atoms with Crippen molar-refractivity contribution in [1.29, 1.82) is 0 Å². The number of carbonyl (C=O) groups excluding carboxylic acids is 1. The van der Waals surface area contributed by atoms with Crippen molar-refractivity contribution in [1.82, 2.24) is 5.32 Å². The number of benzene rings is 1. The maximum absolute atomic E-state index is 12.1. The Hall–Kier alpha value is -1.30. The maximum Gasteiger partial charge on any atom is 0.329 e. The monoisotopic (exact) mass is 345 g/mol. The van der Waals surface area contributed by atoms with E-state index in [-0.39, 0.29) is 25.2 Å². The number of nitrogens with one attached hydrogen (secondary N) is 1. The lowest BCUT2D eigenvalue weighted by molar-refractivity contribution is -0.152. The van der Waals surface area contributed by atoms with Gasteiger partial charge in [-0.2, -0.15) is 0 Å². The molecule has 1 aliphatic rings. The molecule has 7 heteroatoms. The van der Waals surface area contributed by atoms with Crippen LogP contribution in [-0.2, 0) is 20.7 Å². The van der Waals surface area contributed by atoms with Crippen molar-refractivity contribution in [3.63, 3.8) is 0 Å². The molecule has 1 fully saturated rings. The van der Waals surface area contributed by atoms with E-state index in [1.54, 1.807) is 18.2 Å². The highest BCUT2D eigenvalue weighted by Gasteiger charge is 2.41. The summed E-state index contributed by atoms with van der Waals surface area (Å²) in [6.45, 7) is 0.658. The van der Waals surface area contributed by atoms with Gasteiger partial charge in [-0.3, -0.25) is 4.79 Å². The van der Waals surface area contributed by atoms with E-state index in [4.69, 9.17) is 27.9 Å². The summed E-state index contributed by atoms with van der Waals surface area (Å²) in [7, 11) is 0. The second-order valence-electron chi connectivity index (χ2n) is 5.28. The molecule has 1 aromatic rings. The quantitative estimate of drug-likeness (QED) is 0.860. The van der Waals surface area contributed by atoms with E-state index in [2.05, 4.69) is 5.32 Å². The summed E-state index contributed by atoms with van der Waals surface area (Å²) >= 11 is 11.9. The van der Waals surface area contributed by atoms with Crippen molar-refractivity contribution in [2.45, 2.75) is 31.2 Å². The average molecular weight is 346 g/mol. The lowest BCUT2D eigenvalue weighted by atomic mass is 9.90. The lowest BCUT2D eigenvalue weighted by Crippen LogP contribution is -2.57. The highest BCUT2D eigenvalue weighted by molar-refractivity contribution is 6.35. The van der Waals surface area contributed by atoms with Crippen molar-refractivity contribution in [2.24, 2.45) is 0 Å². The van der Waals surface area contributed by atoms with Gasteiger partial charge in [0.25, 0.3) is 0 Å². The molecule has 0 aliphatic carbocycles. The molecular weight excluding hydrogens is 329 g/mol. The number of halogens is 2. The summed E-state index contributed by atoms with van der Waals surface area (Å²) in [5.74, 6) is -1.33. The fourth-order valence-corrected chi connectivity index (χ4v) is 2.92. The van der Waals surface area contributed by atoms with Crippen LogP contribution in [0.4, 0.5) is 0 Å². The summed E-state index contributed by atoms with van der Waals surface area (Å²) in [6.07, 6.45) is 1.14. The van der Waals surface area contributed by atoms with Crippen LogP contribution in [0.5, 0.6) is 0 Å². The van der Waals surface area contributed by atoms with Gasteiger partial charge >= 0.3 is 5.97 Å². The molecule has 1 amide bonds. The van der Waals surface area contributed by atoms with E-state index < -0.39 is 11.5 Å². The van der Waals surface area contributed by atoms with E-state index in [9.17, 15) is 14.7 Å². The number of amides is 1. The van der Waals surface area contributed by atoms with Crippen LogP contribution in [0, 0.1) is 0 Å². The molecule has 120 valence electrons. The largest absolute Gasteiger partial charge is 0.480 e. The summed E-state index contributed by atoms with van der Waals surface area (Å²) in [4.78, 5) is 23.6. The zero-order valence-corrected chi connectivity index (χ0v) is 13.4. The number of aryl methyl sites for hydroxylation is 1. The molecule has 1 aliphatic heterocycles. The molecule has 1 saturated heterocycles. The Kier molecular flexibility index (Phi) is 5.67. The Morgan fingerprint density at radius 1 is 1.27 bits per heavy atom. The van der Waals surface area contributed by atoms with Gasteiger partial charge in [-0.15, -0.1) is 0 Å². The molecule has 0 bridgehead atoms. The number of rotatable bonds is 5. The first-order valence-electron chi connectivity index (χ1n) is 6.99. The van der Waals surface area contributed by atoms with Crippen molar-refractivity contribution >= 4 is 35.1 Å². The molecular formula is C15H17Cl2NO4. The molecule has 1 heterocycles. The summed E-state index contributed by atoms with van der Waals surface area (Å²) in [5.41, 5.74) is -0.420. The van der Waals surface area contributed by atoms with Gasteiger partial charge in [0, 0.05) is 42.5 Å². The Morgan fingerprint density at radius 3 is 2.55 bits per heavy atom. The fourth-order valence-electron chi connectivity index (χ4n) is 2.41. The molecule has 0 unspecified atom stereocenters. The van der Waals surface area contributed by atoms with Gasteiger partial charge in [0.15, 0.2) is 0 Å². The lowest BCUT2D eigenvalue weighted by Gasteiger charge is -2.33. The molecule has 1 aromatic carbocycles. The molecule has 2 rings (SSSR count). The molecule has 0 aromatic heterocycles. The third-order valence-electron chi connectivity index (χ3n) is 3.77. The zero-order valence-electron chi connectivity index (χ0n) is 11.9. The molecule has 5 nitrogen and oxygen atoms in total. The Bertz CT molecular complexity index is 571. The number of aliphatic carboxylic acids is 1. The van der Waals surface area contributed by atoms with Crippen molar-refractivity contribution in [3.05, 3.63) is 33.8 Å². The second-order valence-corrected chi connectivity index (χ2v) is 6.13. The van der Waals surface area contributed by atoms with Crippen LogP contribution < -0.4 is 5.32 Å². The van der Waals surface area contributed by atoms with E-state index in [0.717, 1.165) is 5.56 Å². The first kappa shape index (κ1) is 17.1. The molecule has 22 heavy (non-hydrogen) atoms. The van der Waals surface area contributed by atoms with Gasteiger partial charge in [-0.25, -0.2) is 4.79 Å². The summed E-state index contributed by atoms with van der Waals surface area (Å²) in [6, 6.07) is 5.09. The van der Waals surface area contributed by atoms with Crippen molar-refractivity contribution < 1.29 is 19.4 Å². The van der Waals surface area contributed by atoms with E-state index in [1.807, 2.05) is 0 Å². The Labute approximate surface area is 138 Å².